The molecule has 2 aromatic rings. The maximum Gasteiger partial charge on any atom is 0.224 e. The molecule has 2 aromatic heterocycles. The average molecular weight is 240 g/mol. The molecule has 0 unspecified atom stereocenters. The smallest absolute Gasteiger partial charge is 0.224 e. The number of hydrogen-bond donors (Lipinski definition) is 0. The number of thiophene rings is 1. The molecule has 78 valence electrons. The zero-order valence-electron chi connectivity index (χ0n) is 8.27. The Morgan fingerprint density at radius 1 is 1.47 bits per heavy atom. The molecule has 0 aromatic carbocycles. The molecule has 0 atom stereocenters. The highest BCUT2D eigenvalue weighted by molar-refractivity contribution is 7.17. The van der Waals surface area contributed by atoms with Crippen LogP contribution in [-0.2, 0) is 0 Å². The Morgan fingerprint density at radius 3 is 3.00 bits per heavy atom. The average Bonchev–Trinajstić information content (AvgIpc) is 2.96. The summed E-state index contributed by atoms with van der Waals surface area (Å²) in [4.78, 5) is 10.7. The second-order valence-electron chi connectivity index (χ2n) is 3.79. The van der Waals surface area contributed by atoms with Gasteiger partial charge < -0.3 is 4.90 Å². The summed E-state index contributed by atoms with van der Waals surface area (Å²) in [5.74, 6) is 0.975. The van der Waals surface area contributed by atoms with Crippen molar-refractivity contribution in [3.63, 3.8) is 0 Å². The van der Waals surface area contributed by atoms with Gasteiger partial charge in [0.05, 0.1) is 10.2 Å². The van der Waals surface area contributed by atoms with E-state index in [1.165, 1.54) is 12.8 Å². The Balaban J connectivity index is 2.18. The third-order valence-electron chi connectivity index (χ3n) is 2.69. The number of rotatable bonds is 2. The fourth-order valence-electron chi connectivity index (χ4n) is 1.69. The molecule has 3 nitrogen and oxygen atoms in total. The lowest BCUT2D eigenvalue weighted by Crippen LogP contribution is -2.20. The van der Waals surface area contributed by atoms with Crippen LogP contribution in [0.2, 0.25) is 5.28 Å². The Labute approximate surface area is 96.7 Å². The van der Waals surface area contributed by atoms with Gasteiger partial charge in [-0.15, -0.1) is 11.3 Å². The van der Waals surface area contributed by atoms with E-state index in [-0.39, 0.29) is 0 Å². The van der Waals surface area contributed by atoms with Crippen molar-refractivity contribution in [2.24, 2.45) is 0 Å². The Bertz CT molecular complexity index is 506. The molecule has 0 amide bonds. The van der Waals surface area contributed by atoms with E-state index in [0.29, 0.717) is 11.3 Å². The normalized spacial score (nSPS) is 15.9. The Hall–Kier alpha value is -0.870. The van der Waals surface area contributed by atoms with Crippen LogP contribution in [0.1, 0.15) is 12.8 Å². The van der Waals surface area contributed by atoms with Crippen LogP contribution in [0.15, 0.2) is 11.4 Å². The van der Waals surface area contributed by atoms with Gasteiger partial charge in [-0.1, -0.05) is 0 Å². The van der Waals surface area contributed by atoms with E-state index in [4.69, 9.17) is 11.6 Å². The fourth-order valence-corrected chi connectivity index (χ4v) is 2.73. The van der Waals surface area contributed by atoms with Gasteiger partial charge in [0.1, 0.15) is 0 Å². The van der Waals surface area contributed by atoms with Crippen molar-refractivity contribution in [2.75, 3.05) is 11.9 Å². The fraction of sp³-hybridized carbons (Fsp3) is 0.400. The maximum absolute atomic E-state index is 5.91. The molecule has 0 spiro atoms. The minimum Gasteiger partial charge on any atom is -0.355 e. The third kappa shape index (κ3) is 1.58. The van der Waals surface area contributed by atoms with E-state index in [1.807, 2.05) is 11.4 Å². The summed E-state index contributed by atoms with van der Waals surface area (Å²) in [5.41, 5.74) is 0.947. The standard InChI is InChI=1S/C10H10ClN3S/c1-14(6-2-3-6)9-8-7(4-5-15-8)12-10(11)13-9/h4-6H,2-3H2,1H3. The largest absolute Gasteiger partial charge is 0.355 e. The predicted molar refractivity (Wildman–Crippen MR) is 63.9 cm³/mol. The number of fused-ring (bicyclic) bond motifs is 1. The number of hydrogen-bond acceptors (Lipinski definition) is 4. The summed E-state index contributed by atoms with van der Waals surface area (Å²) >= 11 is 7.58. The summed E-state index contributed by atoms with van der Waals surface area (Å²) in [7, 11) is 2.08. The molecule has 1 aliphatic carbocycles. The molecule has 1 saturated carbocycles. The SMILES string of the molecule is CN(c1nc(Cl)nc2ccsc12)C1CC1. The lowest BCUT2D eigenvalue weighted by atomic mass is 10.4. The topological polar surface area (TPSA) is 29.0 Å². The van der Waals surface area contributed by atoms with E-state index in [0.717, 1.165) is 16.0 Å². The van der Waals surface area contributed by atoms with Crippen molar-refractivity contribution in [3.05, 3.63) is 16.7 Å². The molecule has 3 rings (SSSR count). The van der Waals surface area contributed by atoms with Crippen LogP contribution in [0.25, 0.3) is 10.2 Å². The summed E-state index contributed by atoms with van der Waals surface area (Å²) in [6, 6.07) is 2.62. The Kier molecular flexibility index (Phi) is 2.07. The molecule has 0 bridgehead atoms. The summed E-state index contributed by atoms with van der Waals surface area (Å²) in [6.07, 6.45) is 2.51. The van der Waals surface area contributed by atoms with Gasteiger partial charge in [-0.25, -0.2) is 4.98 Å². The first-order chi connectivity index (χ1) is 7.25. The first-order valence-electron chi connectivity index (χ1n) is 4.89. The number of anilines is 1. The van der Waals surface area contributed by atoms with Crippen LogP contribution in [-0.4, -0.2) is 23.1 Å². The Morgan fingerprint density at radius 2 is 2.27 bits per heavy atom. The molecule has 0 radical (unpaired) electrons. The van der Waals surface area contributed by atoms with E-state index < -0.39 is 0 Å². The molecule has 0 N–H and O–H groups in total. The number of aromatic nitrogens is 2. The van der Waals surface area contributed by atoms with E-state index in [2.05, 4.69) is 21.9 Å². The summed E-state index contributed by atoms with van der Waals surface area (Å²) in [5, 5.41) is 2.36. The van der Waals surface area contributed by atoms with Gasteiger partial charge in [-0.2, -0.15) is 4.98 Å². The number of nitrogens with zero attached hydrogens (tertiary/aromatic N) is 3. The lowest BCUT2D eigenvalue weighted by molar-refractivity contribution is 0.896. The highest BCUT2D eigenvalue weighted by Crippen LogP contribution is 2.35. The molecule has 0 aliphatic heterocycles. The predicted octanol–water partition coefficient (Wildman–Crippen LogP) is 2.94. The van der Waals surface area contributed by atoms with Crippen molar-refractivity contribution in [3.8, 4) is 0 Å². The first kappa shape index (κ1) is 9.36. The van der Waals surface area contributed by atoms with Crippen molar-refractivity contribution in [2.45, 2.75) is 18.9 Å². The molecule has 1 aliphatic rings. The van der Waals surface area contributed by atoms with Crippen LogP contribution in [0.4, 0.5) is 5.82 Å². The van der Waals surface area contributed by atoms with Crippen molar-refractivity contribution in [1.82, 2.24) is 9.97 Å². The van der Waals surface area contributed by atoms with Gasteiger partial charge in [0.2, 0.25) is 5.28 Å². The molecular weight excluding hydrogens is 230 g/mol. The van der Waals surface area contributed by atoms with Crippen LogP contribution < -0.4 is 4.90 Å². The second kappa shape index (κ2) is 3.32. The van der Waals surface area contributed by atoms with E-state index in [1.54, 1.807) is 11.3 Å². The van der Waals surface area contributed by atoms with Crippen molar-refractivity contribution >= 4 is 39.0 Å². The van der Waals surface area contributed by atoms with Gasteiger partial charge in [0.25, 0.3) is 0 Å². The highest BCUT2D eigenvalue weighted by atomic mass is 35.5. The summed E-state index contributed by atoms with van der Waals surface area (Å²) in [6.45, 7) is 0. The van der Waals surface area contributed by atoms with Gasteiger partial charge in [0.15, 0.2) is 5.82 Å². The zero-order valence-corrected chi connectivity index (χ0v) is 9.85. The third-order valence-corrected chi connectivity index (χ3v) is 3.76. The molecular formula is C10H10ClN3S. The monoisotopic (exact) mass is 239 g/mol. The first-order valence-corrected chi connectivity index (χ1v) is 6.15. The second-order valence-corrected chi connectivity index (χ2v) is 5.05. The van der Waals surface area contributed by atoms with Gasteiger partial charge in [-0.05, 0) is 35.9 Å². The summed E-state index contributed by atoms with van der Waals surface area (Å²) < 4.78 is 1.13. The maximum atomic E-state index is 5.91. The number of halogens is 1. The van der Waals surface area contributed by atoms with Gasteiger partial charge in [0, 0.05) is 13.1 Å². The highest BCUT2D eigenvalue weighted by Gasteiger charge is 2.28. The van der Waals surface area contributed by atoms with Gasteiger partial charge >= 0.3 is 0 Å². The van der Waals surface area contributed by atoms with Crippen LogP contribution in [0.3, 0.4) is 0 Å². The van der Waals surface area contributed by atoms with Crippen LogP contribution in [0, 0.1) is 0 Å². The van der Waals surface area contributed by atoms with E-state index >= 15 is 0 Å². The van der Waals surface area contributed by atoms with Crippen molar-refractivity contribution in [1.29, 1.82) is 0 Å². The molecule has 1 fully saturated rings. The lowest BCUT2D eigenvalue weighted by Gasteiger charge is -2.17. The minimum absolute atomic E-state index is 0.336. The van der Waals surface area contributed by atoms with E-state index in [9.17, 15) is 0 Å². The molecule has 0 saturated heterocycles. The van der Waals surface area contributed by atoms with Gasteiger partial charge in [-0.3, -0.25) is 0 Å². The van der Waals surface area contributed by atoms with Crippen molar-refractivity contribution < 1.29 is 0 Å². The van der Waals surface area contributed by atoms with Crippen LogP contribution >= 0.6 is 22.9 Å². The van der Waals surface area contributed by atoms with Crippen LogP contribution in [0.5, 0.6) is 0 Å². The minimum atomic E-state index is 0.336. The molecule has 5 heteroatoms. The zero-order chi connectivity index (χ0) is 10.4. The molecule has 15 heavy (non-hydrogen) atoms. The molecule has 2 heterocycles. The quantitative estimate of drug-likeness (QED) is 0.755.